The summed E-state index contributed by atoms with van der Waals surface area (Å²) in [5, 5.41) is 3.17. The van der Waals surface area contributed by atoms with Crippen LogP contribution in [0.5, 0.6) is 5.75 Å². The zero-order valence-corrected chi connectivity index (χ0v) is 13.4. The van der Waals surface area contributed by atoms with E-state index in [9.17, 15) is 0 Å². The number of aryl methyl sites for hydroxylation is 2. The highest BCUT2D eigenvalue weighted by Crippen LogP contribution is 2.36. The Morgan fingerprint density at radius 1 is 1.19 bits per heavy atom. The number of benzene rings is 1. The highest BCUT2D eigenvalue weighted by atomic mass is 16.5. The molecule has 0 radical (unpaired) electrons. The summed E-state index contributed by atoms with van der Waals surface area (Å²) < 4.78 is 5.59. The second-order valence-corrected chi connectivity index (χ2v) is 5.21. The van der Waals surface area contributed by atoms with Gasteiger partial charge in [0.15, 0.2) is 0 Å². The number of ether oxygens (including phenoxy) is 1. The Morgan fingerprint density at radius 3 is 2.57 bits per heavy atom. The summed E-state index contributed by atoms with van der Waals surface area (Å²) in [6.45, 7) is 6.34. The lowest BCUT2D eigenvalue weighted by molar-refractivity contribution is 0.415. The number of aromatic nitrogens is 2. The van der Waals surface area contributed by atoms with Crippen LogP contribution in [0.25, 0.3) is 11.3 Å². The molecule has 0 atom stereocenters. The SMILES string of the molecule is CCCc1c(NC)ncnc1-c1c(C)cc(C)cc1OC. The molecule has 2 rings (SSSR count). The first kappa shape index (κ1) is 15.3. The van der Waals surface area contributed by atoms with Gasteiger partial charge >= 0.3 is 0 Å². The van der Waals surface area contributed by atoms with Crippen LogP contribution in [0, 0.1) is 13.8 Å². The lowest BCUT2D eigenvalue weighted by Crippen LogP contribution is -2.05. The number of nitrogens with zero attached hydrogens (tertiary/aromatic N) is 2. The molecule has 1 aromatic carbocycles. The average Bonchev–Trinajstić information content (AvgIpc) is 2.47. The summed E-state index contributed by atoms with van der Waals surface area (Å²) in [6, 6.07) is 4.22. The molecule has 1 heterocycles. The molecule has 0 saturated carbocycles. The fraction of sp³-hybridized carbons (Fsp3) is 0.412. The van der Waals surface area contributed by atoms with Gasteiger partial charge in [-0.3, -0.25) is 0 Å². The van der Waals surface area contributed by atoms with Gasteiger partial charge in [0.2, 0.25) is 0 Å². The third kappa shape index (κ3) is 2.99. The molecule has 4 heteroatoms. The fourth-order valence-corrected chi connectivity index (χ4v) is 2.72. The van der Waals surface area contributed by atoms with E-state index in [1.807, 2.05) is 7.05 Å². The molecule has 0 saturated heterocycles. The minimum Gasteiger partial charge on any atom is -0.496 e. The van der Waals surface area contributed by atoms with Crippen molar-refractivity contribution >= 4 is 5.82 Å². The van der Waals surface area contributed by atoms with E-state index in [1.54, 1.807) is 13.4 Å². The largest absolute Gasteiger partial charge is 0.496 e. The van der Waals surface area contributed by atoms with E-state index in [2.05, 4.69) is 48.2 Å². The maximum absolute atomic E-state index is 5.59. The van der Waals surface area contributed by atoms with Gasteiger partial charge in [0.1, 0.15) is 17.9 Å². The van der Waals surface area contributed by atoms with Gasteiger partial charge in [0.25, 0.3) is 0 Å². The van der Waals surface area contributed by atoms with Crippen LogP contribution in [-0.4, -0.2) is 24.1 Å². The zero-order chi connectivity index (χ0) is 15.4. The van der Waals surface area contributed by atoms with Gasteiger partial charge in [-0.05, 0) is 37.5 Å². The Kier molecular flexibility index (Phi) is 4.78. The standard InChI is InChI=1S/C17H23N3O/c1-6-7-13-16(19-10-20-17(13)18-4)15-12(3)8-11(2)9-14(15)21-5/h8-10H,6-7H2,1-5H3,(H,18,19,20). The molecule has 2 aromatic rings. The van der Waals surface area contributed by atoms with Crippen molar-refractivity contribution < 1.29 is 4.74 Å². The molecule has 0 spiro atoms. The highest BCUT2D eigenvalue weighted by Gasteiger charge is 2.17. The molecule has 0 bridgehead atoms. The minimum atomic E-state index is 0.866. The summed E-state index contributed by atoms with van der Waals surface area (Å²) >= 11 is 0. The first-order valence-corrected chi connectivity index (χ1v) is 7.29. The van der Waals surface area contributed by atoms with Crippen LogP contribution < -0.4 is 10.1 Å². The lowest BCUT2D eigenvalue weighted by Gasteiger charge is -2.17. The number of hydrogen-bond donors (Lipinski definition) is 1. The van der Waals surface area contributed by atoms with Crippen molar-refractivity contribution in [1.82, 2.24) is 9.97 Å². The zero-order valence-electron chi connectivity index (χ0n) is 13.4. The normalized spacial score (nSPS) is 10.5. The van der Waals surface area contributed by atoms with Crippen molar-refractivity contribution in [3.8, 4) is 17.0 Å². The number of nitrogens with one attached hydrogen (secondary N) is 1. The molecule has 0 fully saturated rings. The molecule has 0 aliphatic rings. The van der Waals surface area contributed by atoms with Gasteiger partial charge < -0.3 is 10.1 Å². The van der Waals surface area contributed by atoms with Gasteiger partial charge in [-0.25, -0.2) is 9.97 Å². The van der Waals surface area contributed by atoms with Crippen molar-refractivity contribution in [3.63, 3.8) is 0 Å². The van der Waals surface area contributed by atoms with E-state index in [4.69, 9.17) is 4.74 Å². The summed E-state index contributed by atoms with van der Waals surface area (Å²) in [7, 11) is 3.60. The lowest BCUT2D eigenvalue weighted by atomic mass is 9.96. The molecular weight excluding hydrogens is 262 g/mol. The molecule has 0 amide bonds. The quantitative estimate of drug-likeness (QED) is 0.908. The summed E-state index contributed by atoms with van der Waals surface area (Å²) in [4.78, 5) is 8.89. The van der Waals surface area contributed by atoms with E-state index in [0.29, 0.717) is 0 Å². The maximum Gasteiger partial charge on any atom is 0.132 e. The van der Waals surface area contributed by atoms with Crippen molar-refractivity contribution in [1.29, 1.82) is 0 Å². The van der Waals surface area contributed by atoms with Gasteiger partial charge in [0.05, 0.1) is 12.8 Å². The van der Waals surface area contributed by atoms with Gasteiger partial charge in [-0.1, -0.05) is 19.4 Å². The van der Waals surface area contributed by atoms with E-state index < -0.39 is 0 Å². The first-order chi connectivity index (χ1) is 10.1. The van der Waals surface area contributed by atoms with Crippen LogP contribution in [0.2, 0.25) is 0 Å². The van der Waals surface area contributed by atoms with Crippen LogP contribution in [0.1, 0.15) is 30.0 Å². The Hall–Kier alpha value is -2.10. The molecule has 0 aliphatic heterocycles. The fourth-order valence-electron chi connectivity index (χ4n) is 2.72. The molecule has 4 nitrogen and oxygen atoms in total. The predicted octanol–water partition coefficient (Wildman–Crippen LogP) is 3.76. The Labute approximate surface area is 126 Å². The smallest absolute Gasteiger partial charge is 0.132 e. The molecule has 0 unspecified atom stereocenters. The van der Waals surface area contributed by atoms with E-state index in [1.165, 1.54) is 11.1 Å². The monoisotopic (exact) mass is 285 g/mol. The molecule has 112 valence electrons. The Morgan fingerprint density at radius 2 is 1.95 bits per heavy atom. The molecular formula is C17H23N3O. The topological polar surface area (TPSA) is 47.0 Å². The Balaban J connectivity index is 2.72. The molecule has 1 N–H and O–H groups in total. The summed E-state index contributed by atoms with van der Waals surface area (Å²) in [5.74, 6) is 1.76. The van der Waals surface area contributed by atoms with Crippen LogP contribution in [0.3, 0.4) is 0 Å². The molecule has 21 heavy (non-hydrogen) atoms. The minimum absolute atomic E-state index is 0.866. The Bertz CT molecular complexity index is 638. The van der Waals surface area contributed by atoms with Gasteiger partial charge in [-0.15, -0.1) is 0 Å². The maximum atomic E-state index is 5.59. The van der Waals surface area contributed by atoms with E-state index in [-0.39, 0.29) is 0 Å². The van der Waals surface area contributed by atoms with Crippen LogP contribution in [-0.2, 0) is 6.42 Å². The van der Waals surface area contributed by atoms with Crippen molar-refractivity contribution in [2.24, 2.45) is 0 Å². The highest BCUT2D eigenvalue weighted by molar-refractivity contribution is 5.76. The number of hydrogen-bond acceptors (Lipinski definition) is 4. The second-order valence-electron chi connectivity index (χ2n) is 5.21. The van der Waals surface area contributed by atoms with E-state index >= 15 is 0 Å². The van der Waals surface area contributed by atoms with Crippen molar-refractivity contribution in [2.75, 3.05) is 19.5 Å². The summed E-state index contributed by atoms with van der Waals surface area (Å²) in [5.41, 5.74) is 5.53. The predicted molar refractivity (Wildman–Crippen MR) is 87.0 cm³/mol. The third-order valence-electron chi connectivity index (χ3n) is 3.58. The van der Waals surface area contributed by atoms with Crippen LogP contribution in [0.15, 0.2) is 18.5 Å². The average molecular weight is 285 g/mol. The van der Waals surface area contributed by atoms with Crippen LogP contribution in [0.4, 0.5) is 5.82 Å². The van der Waals surface area contributed by atoms with Gasteiger partial charge in [-0.2, -0.15) is 0 Å². The number of anilines is 1. The summed E-state index contributed by atoms with van der Waals surface area (Å²) in [6.07, 6.45) is 3.59. The van der Waals surface area contributed by atoms with Crippen molar-refractivity contribution in [2.45, 2.75) is 33.6 Å². The second kappa shape index (κ2) is 6.57. The van der Waals surface area contributed by atoms with E-state index in [0.717, 1.165) is 41.2 Å². The van der Waals surface area contributed by atoms with Crippen molar-refractivity contribution in [3.05, 3.63) is 35.2 Å². The third-order valence-corrected chi connectivity index (χ3v) is 3.58. The molecule has 0 aliphatic carbocycles. The van der Waals surface area contributed by atoms with Gasteiger partial charge in [0, 0.05) is 18.2 Å². The van der Waals surface area contributed by atoms with Crippen LogP contribution >= 0.6 is 0 Å². The molecule has 1 aromatic heterocycles. The first-order valence-electron chi connectivity index (χ1n) is 7.29. The number of rotatable bonds is 5. The number of methoxy groups -OCH3 is 1.